The van der Waals surface area contributed by atoms with Crippen LogP contribution in [-0.4, -0.2) is 23.9 Å². The van der Waals surface area contributed by atoms with Crippen LogP contribution in [0.1, 0.15) is 18.4 Å². The summed E-state index contributed by atoms with van der Waals surface area (Å²) in [6.07, 6.45) is 2.51. The van der Waals surface area contributed by atoms with Crippen LogP contribution in [0.2, 0.25) is 0 Å². The van der Waals surface area contributed by atoms with E-state index in [-0.39, 0.29) is 0 Å². The highest BCUT2D eigenvalue weighted by molar-refractivity contribution is 7.17. The van der Waals surface area contributed by atoms with Crippen LogP contribution in [0.25, 0.3) is 10.1 Å². The van der Waals surface area contributed by atoms with Gasteiger partial charge in [-0.2, -0.15) is 0 Å². The average Bonchev–Trinajstić information content (AvgIpc) is 2.83. The molecule has 2 heterocycles. The van der Waals surface area contributed by atoms with Crippen molar-refractivity contribution in [1.29, 1.82) is 0 Å². The molecule has 0 bridgehead atoms. The lowest BCUT2D eigenvalue weighted by Gasteiger charge is -2.30. The second-order valence-corrected chi connectivity index (χ2v) is 6.35. The van der Waals surface area contributed by atoms with E-state index in [9.17, 15) is 0 Å². The maximum atomic E-state index is 5.93. The van der Waals surface area contributed by atoms with Gasteiger partial charge in [-0.25, -0.2) is 0 Å². The molecule has 0 saturated carbocycles. The summed E-state index contributed by atoms with van der Waals surface area (Å²) in [6, 6.07) is 8.71. The van der Waals surface area contributed by atoms with Crippen molar-refractivity contribution in [3.8, 4) is 0 Å². The maximum absolute atomic E-state index is 5.93. The van der Waals surface area contributed by atoms with Gasteiger partial charge in [0.15, 0.2) is 0 Å². The Kier molecular flexibility index (Phi) is 3.88. The first-order valence-corrected chi connectivity index (χ1v) is 8.01. The minimum atomic E-state index is 0.738. The summed E-state index contributed by atoms with van der Waals surface area (Å²) in [7, 11) is 0. The Labute approximate surface area is 117 Å². The van der Waals surface area contributed by atoms with Gasteiger partial charge in [0.1, 0.15) is 0 Å². The van der Waals surface area contributed by atoms with Crippen molar-refractivity contribution in [2.45, 2.75) is 19.4 Å². The first-order valence-electron chi connectivity index (χ1n) is 6.60. The van der Waals surface area contributed by atoms with Gasteiger partial charge >= 0.3 is 0 Å². The number of halogens is 1. The number of alkyl halides is 1. The summed E-state index contributed by atoms with van der Waals surface area (Å²) in [4.78, 5) is 2.57. The van der Waals surface area contributed by atoms with Crippen molar-refractivity contribution in [2.24, 2.45) is 5.92 Å². The minimum Gasteiger partial charge on any atom is -0.299 e. The van der Waals surface area contributed by atoms with Gasteiger partial charge in [-0.3, -0.25) is 4.90 Å². The van der Waals surface area contributed by atoms with Crippen molar-refractivity contribution < 1.29 is 0 Å². The van der Waals surface area contributed by atoms with Gasteiger partial charge in [-0.15, -0.1) is 22.9 Å². The molecule has 1 saturated heterocycles. The smallest absolute Gasteiger partial charge is 0.0346 e. The van der Waals surface area contributed by atoms with Crippen LogP contribution in [-0.2, 0) is 6.54 Å². The van der Waals surface area contributed by atoms with Crippen molar-refractivity contribution in [3.05, 3.63) is 35.2 Å². The zero-order valence-corrected chi connectivity index (χ0v) is 12.0. The molecule has 0 spiro atoms. The molecule has 96 valence electrons. The highest BCUT2D eigenvalue weighted by atomic mass is 35.5. The number of nitrogens with zero attached hydrogens (tertiary/aromatic N) is 1. The third-order valence-electron chi connectivity index (χ3n) is 3.88. The predicted octanol–water partition coefficient (Wildman–Crippen LogP) is 4.35. The molecule has 0 atom stereocenters. The van der Waals surface area contributed by atoms with Crippen molar-refractivity contribution >= 4 is 33.0 Å². The highest BCUT2D eigenvalue weighted by Gasteiger charge is 2.19. The molecule has 1 nitrogen and oxygen atoms in total. The van der Waals surface area contributed by atoms with E-state index in [1.807, 2.05) is 11.3 Å². The molecule has 0 unspecified atom stereocenters. The van der Waals surface area contributed by atoms with Crippen LogP contribution >= 0.6 is 22.9 Å². The second kappa shape index (κ2) is 5.60. The van der Waals surface area contributed by atoms with Gasteiger partial charge in [0, 0.05) is 17.1 Å². The molecule has 1 aliphatic heterocycles. The predicted molar refractivity (Wildman–Crippen MR) is 80.5 cm³/mol. The van der Waals surface area contributed by atoms with E-state index in [4.69, 9.17) is 11.6 Å². The monoisotopic (exact) mass is 279 g/mol. The number of hydrogen-bond acceptors (Lipinski definition) is 2. The molecule has 1 aromatic heterocycles. The van der Waals surface area contributed by atoms with Gasteiger partial charge in [-0.1, -0.05) is 18.2 Å². The highest BCUT2D eigenvalue weighted by Crippen LogP contribution is 2.28. The fraction of sp³-hybridized carbons (Fsp3) is 0.467. The molecule has 0 radical (unpaired) electrons. The third kappa shape index (κ3) is 2.56. The third-order valence-corrected chi connectivity index (χ3v) is 5.33. The minimum absolute atomic E-state index is 0.738. The SMILES string of the molecule is ClCC1CCN(Cc2csc3ccccc23)CC1. The van der Waals surface area contributed by atoms with Crippen LogP contribution in [0.3, 0.4) is 0 Å². The lowest BCUT2D eigenvalue weighted by molar-refractivity contribution is 0.187. The number of rotatable bonds is 3. The molecule has 2 aromatic rings. The molecule has 0 amide bonds. The van der Waals surface area contributed by atoms with Crippen molar-refractivity contribution in [2.75, 3.05) is 19.0 Å². The van der Waals surface area contributed by atoms with Gasteiger partial charge < -0.3 is 0 Å². The van der Waals surface area contributed by atoms with E-state index < -0.39 is 0 Å². The summed E-state index contributed by atoms with van der Waals surface area (Å²) in [5.41, 5.74) is 1.49. The first-order chi connectivity index (χ1) is 8.86. The number of benzene rings is 1. The molecule has 18 heavy (non-hydrogen) atoms. The summed E-state index contributed by atoms with van der Waals surface area (Å²) in [5, 5.41) is 3.75. The van der Waals surface area contributed by atoms with E-state index in [0.717, 1.165) is 18.3 Å². The fourth-order valence-corrected chi connectivity index (χ4v) is 3.96. The summed E-state index contributed by atoms with van der Waals surface area (Å²) in [6.45, 7) is 3.49. The quantitative estimate of drug-likeness (QED) is 0.755. The van der Waals surface area contributed by atoms with Gasteiger partial charge in [-0.05, 0) is 54.2 Å². The Balaban J connectivity index is 1.70. The van der Waals surface area contributed by atoms with Crippen LogP contribution in [0.15, 0.2) is 29.6 Å². The lowest BCUT2D eigenvalue weighted by Crippen LogP contribution is -2.33. The zero-order chi connectivity index (χ0) is 12.4. The van der Waals surface area contributed by atoms with E-state index in [0.29, 0.717) is 0 Å². The van der Waals surface area contributed by atoms with Crippen LogP contribution in [0, 0.1) is 5.92 Å². The molecular formula is C15H18ClNS. The van der Waals surface area contributed by atoms with Crippen molar-refractivity contribution in [3.63, 3.8) is 0 Å². The molecular weight excluding hydrogens is 262 g/mol. The van der Waals surface area contributed by atoms with E-state index in [1.165, 1.54) is 41.6 Å². The fourth-order valence-electron chi connectivity index (χ4n) is 2.69. The number of piperidine rings is 1. The standard InChI is InChI=1S/C15H18ClNS/c16-9-12-5-7-17(8-6-12)10-13-11-18-15-4-2-1-3-14(13)15/h1-4,11-12H,5-10H2. The first kappa shape index (κ1) is 12.5. The zero-order valence-electron chi connectivity index (χ0n) is 10.4. The molecule has 3 heteroatoms. The molecule has 1 aliphatic rings. The number of hydrogen-bond donors (Lipinski definition) is 0. The topological polar surface area (TPSA) is 3.24 Å². The summed E-state index contributed by atoms with van der Waals surface area (Å²) >= 11 is 7.79. The largest absolute Gasteiger partial charge is 0.299 e. The Morgan fingerprint density at radius 1 is 1.22 bits per heavy atom. The second-order valence-electron chi connectivity index (χ2n) is 5.13. The summed E-state index contributed by atoms with van der Waals surface area (Å²) in [5.74, 6) is 1.57. The molecule has 1 aromatic carbocycles. The average molecular weight is 280 g/mol. The molecule has 0 N–H and O–H groups in total. The van der Waals surface area contributed by atoms with Gasteiger partial charge in [0.2, 0.25) is 0 Å². The number of thiophene rings is 1. The Morgan fingerprint density at radius 3 is 2.78 bits per heavy atom. The van der Waals surface area contributed by atoms with E-state index in [1.54, 1.807) is 0 Å². The van der Waals surface area contributed by atoms with Crippen LogP contribution < -0.4 is 0 Å². The Hall–Kier alpha value is -0.570. The van der Waals surface area contributed by atoms with Crippen molar-refractivity contribution in [1.82, 2.24) is 4.90 Å². The maximum Gasteiger partial charge on any atom is 0.0346 e. The molecule has 3 rings (SSSR count). The Morgan fingerprint density at radius 2 is 2.00 bits per heavy atom. The number of likely N-dealkylation sites (tertiary alicyclic amines) is 1. The van der Waals surface area contributed by atoms with E-state index >= 15 is 0 Å². The van der Waals surface area contributed by atoms with Gasteiger partial charge in [0.05, 0.1) is 0 Å². The lowest BCUT2D eigenvalue weighted by atomic mass is 9.98. The number of fused-ring (bicyclic) bond motifs is 1. The molecule has 1 fully saturated rings. The molecule has 0 aliphatic carbocycles. The van der Waals surface area contributed by atoms with Gasteiger partial charge in [0.25, 0.3) is 0 Å². The summed E-state index contributed by atoms with van der Waals surface area (Å²) < 4.78 is 1.41. The Bertz CT molecular complexity index is 514. The van der Waals surface area contributed by atoms with Crippen LogP contribution in [0.5, 0.6) is 0 Å². The van der Waals surface area contributed by atoms with E-state index in [2.05, 4.69) is 34.5 Å². The van der Waals surface area contributed by atoms with Crippen LogP contribution in [0.4, 0.5) is 0 Å². The normalized spacial score (nSPS) is 18.5.